The van der Waals surface area contributed by atoms with Crippen LogP contribution >= 0.6 is 23.2 Å². The van der Waals surface area contributed by atoms with Gasteiger partial charge in [0.25, 0.3) is 0 Å². The van der Waals surface area contributed by atoms with E-state index in [2.05, 4.69) is 15.3 Å². The molecule has 1 aromatic carbocycles. The number of nitrogens with zero attached hydrogens (tertiary/aromatic N) is 2. The van der Waals surface area contributed by atoms with Gasteiger partial charge >= 0.3 is 5.97 Å². The minimum Gasteiger partial charge on any atom is -0.477 e. The van der Waals surface area contributed by atoms with Gasteiger partial charge in [0, 0.05) is 12.5 Å². The molecule has 108 valence electrons. The molecule has 0 atom stereocenters. The van der Waals surface area contributed by atoms with Crippen molar-refractivity contribution in [2.75, 3.05) is 5.32 Å². The molecule has 0 radical (unpaired) electrons. The lowest BCUT2D eigenvalue weighted by Crippen LogP contribution is -2.12. The lowest BCUT2D eigenvalue weighted by atomic mass is 10.1. The van der Waals surface area contributed by atoms with Gasteiger partial charge in [-0.3, -0.25) is 10.1 Å². The van der Waals surface area contributed by atoms with Crippen molar-refractivity contribution in [2.24, 2.45) is 0 Å². The van der Waals surface area contributed by atoms with Crippen LogP contribution in [-0.2, 0) is 4.79 Å². The van der Waals surface area contributed by atoms with E-state index in [0.29, 0.717) is 21.3 Å². The summed E-state index contributed by atoms with van der Waals surface area (Å²) in [4.78, 5) is 30.0. The Labute approximate surface area is 129 Å². The van der Waals surface area contributed by atoms with Crippen molar-refractivity contribution in [2.45, 2.75) is 6.92 Å². The number of rotatable bonds is 3. The molecule has 2 rings (SSSR count). The molecule has 0 bridgehead atoms. The standard InChI is InChI=1S/C13H9Cl2N3O3/c1-6(19)16-13-17-10(5-11(18-13)12(20)21)7-2-3-8(14)9(15)4-7/h2-5H,1H3,(H,20,21)(H,16,17,18,19). The summed E-state index contributed by atoms with van der Waals surface area (Å²) in [6.07, 6.45) is 0. The number of aromatic nitrogens is 2. The largest absolute Gasteiger partial charge is 0.477 e. The predicted octanol–water partition coefficient (Wildman–Crippen LogP) is 3.11. The highest BCUT2D eigenvalue weighted by molar-refractivity contribution is 6.42. The van der Waals surface area contributed by atoms with Crippen molar-refractivity contribution in [1.82, 2.24) is 9.97 Å². The van der Waals surface area contributed by atoms with E-state index in [9.17, 15) is 9.59 Å². The lowest BCUT2D eigenvalue weighted by Gasteiger charge is -2.07. The van der Waals surface area contributed by atoms with Crippen LogP contribution in [0.25, 0.3) is 11.3 Å². The van der Waals surface area contributed by atoms with Gasteiger partial charge in [0.2, 0.25) is 11.9 Å². The highest BCUT2D eigenvalue weighted by Gasteiger charge is 2.13. The molecule has 2 N–H and O–H groups in total. The fraction of sp³-hybridized carbons (Fsp3) is 0.0769. The number of hydrogen-bond donors (Lipinski definition) is 2. The fourth-order valence-corrected chi connectivity index (χ4v) is 1.87. The lowest BCUT2D eigenvalue weighted by molar-refractivity contribution is -0.114. The summed E-state index contributed by atoms with van der Waals surface area (Å²) in [5.74, 6) is -1.73. The van der Waals surface area contributed by atoms with Crippen LogP contribution in [0.15, 0.2) is 24.3 Å². The number of carbonyl (C=O) groups is 2. The van der Waals surface area contributed by atoms with Crippen molar-refractivity contribution < 1.29 is 14.7 Å². The summed E-state index contributed by atoms with van der Waals surface area (Å²) in [5, 5.41) is 12.1. The predicted molar refractivity (Wildman–Crippen MR) is 78.8 cm³/mol. The number of carboxylic acids is 1. The normalized spacial score (nSPS) is 10.2. The van der Waals surface area contributed by atoms with E-state index in [0.717, 1.165) is 0 Å². The van der Waals surface area contributed by atoms with E-state index in [4.69, 9.17) is 28.3 Å². The summed E-state index contributed by atoms with van der Waals surface area (Å²) in [6, 6.07) is 6.04. The minimum atomic E-state index is -1.23. The van der Waals surface area contributed by atoms with Crippen molar-refractivity contribution in [3.05, 3.63) is 40.0 Å². The number of nitrogens with one attached hydrogen (secondary N) is 1. The van der Waals surface area contributed by atoms with E-state index in [1.54, 1.807) is 18.2 Å². The minimum absolute atomic E-state index is 0.0940. The average molecular weight is 326 g/mol. The molecule has 0 saturated carbocycles. The molecule has 0 saturated heterocycles. The molecule has 0 fully saturated rings. The zero-order valence-electron chi connectivity index (χ0n) is 10.7. The van der Waals surface area contributed by atoms with Gasteiger partial charge in [0.15, 0.2) is 5.69 Å². The smallest absolute Gasteiger partial charge is 0.354 e. The molecule has 0 aliphatic carbocycles. The van der Waals surface area contributed by atoms with Gasteiger partial charge in [0.05, 0.1) is 15.7 Å². The Morgan fingerprint density at radius 1 is 1.14 bits per heavy atom. The van der Waals surface area contributed by atoms with Gasteiger partial charge in [-0.2, -0.15) is 0 Å². The quantitative estimate of drug-likeness (QED) is 0.904. The zero-order chi connectivity index (χ0) is 15.6. The third kappa shape index (κ3) is 3.68. The molecule has 8 heteroatoms. The highest BCUT2D eigenvalue weighted by Crippen LogP contribution is 2.28. The Kier molecular flexibility index (Phi) is 4.40. The molecule has 0 aliphatic heterocycles. The van der Waals surface area contributed by atoms with E-state index < -0.39 is 11.9 Å². The number of benzene rings is 1. The molecule has 1 amide bonds. The molecular weight excluding hydrogens is 317 g/mol. The molecule has 6 nitrogen and oxygen atoms in total. The first-order valence-corrected chi connectivity index (χ1v) is 6.48. The topological polar surface area (TPSA) is 92.2 Å². The summed E-state index contributed by atoms with van der Waals surface area (Å²) in [5.41, 5.74) is 0.625. The second-order valence-electron chi connectivity index (χ2n) is 4.08. The van der Waals surface area contributed by atoms with Crippen LogP contribution in [0.3, 0.4) is 0 Å². The van der Waals surface area contributed by atoms with Crippen LogP contribution in [0.1, 0.15) is 17.4 Å². The number of anilines is 1. The highest BCUT2D eigenvalue weighted by atomic mass is 35.5. The third-order valence-electron chi connectivity index (χ3n) is 2.45. The van der Waals surface area contributed by atoms with Gasteiger partial charge in [-0.15, -0.1) is 0 Å². The van der Waals surface area contributed by atoms with Gasteiger partial charge < -0.3 is 5.11 Å². The monoisotopic (exact) mass is 325 g/mol. The Morgan fingerprint density at radius 2 is 1.86 bits per heavy atom. The summed E-state index contributed by atoms with van der Waals surface area (Å²) < 4.78 is 0. The van der Waals surface area contributed by atoms with E-state index in [1.807, 2.05) is 0 Å². The average Bonchev–Trinajstić information content (AvgIpc) is 2.40. The van der Waals surface area contributed by atoms with Crippen LogP contribution in [-0.4, -0.2) is 27.0 Å². The molecular formula is C13H9Cl2N3O3. The SMILES string of the molecule is CC(=O)Nc1nc(C(=O)O)cc(-c2ccc(Cl)c(Cl)c2)n1. The summed E-state index contributed by atoms with van der Waals surface area (Å²) in [7, 11) is 0. The number of amides is 1. The zero-order valence-corrected chi connectivity index (χ0v) is 12.2. The number of carboxylic acid groups (broad SMARTS) is 1. The molecule has 0 spiro atoms. The Balaban J connectivity index is 2.55. The first kappa shape index (κ1) is 15.2. The van der Waals surface area contributed by atoms with Crippen molar-refractivity contribution in [3.63, 3.8) is 0 Å². The maximum absolute atomic E-state index is 11.1. The molecule has 0 unspecified atom stereocenters. The van der Waals surface area contributed by atoms with Crippen LogP contribution in [0.2, 0.25) is 10.0 Å². The second-order valence-corrected chi connectivity index (χ2v) is 4.89. The van der Waals surface area contributed by atoms with Crippen molar-refractivity contribution in [3.8, 4) is 11.3 Å². The second kappa shape index (κ2) is 6.07. The first-order valence-electron chi connectivity index (χ1n) is 5.72. The fourth-order valence-electron chi connectivity index (χ4n) is 1.57. The van der Waals surface area contributed by atoms with Crippen LogP contribution < -0.4 is 5.32 Å². The molecule has 1 heterocycles. The third-order valence-corrected chi connectivity index (χ3v) is 3.19. The number of halogens is 2. The number of hydrogen-bond acceptors (Lipinski definition) is 4. The number of aromatic carboxylic acids is 1. The van der Waals surface area contributed by atoms with E-state index >= 15 is 0 Å². The summed E-state index contributed by atoms with van der Waals surface area (Å²) >= 11 is 11.8. The van der Waals surface area contributed by atoms with Crippen molar-refractivity contribution >= 4 is 41.0 Å². The Bertz CT molecular complexity index is 735. The van der Waals surface area contributed by atoms with Crippen LogP contribution in [0, 0.1) is 0 Å². The van der Waals surface area contributed by atoms with Gasteiger partial charge in [-0.05, 0) is 18.2 Å². The maximum Gasteiger partial charge on any atom is 0.354 e. The Morgan fingerprint density at radius 3 is 2.43 bits per heavy atom. The Hall–Kier alpha value is -2.18. The first-order chi connectivity index (χ1) is 9.86. The number of carbonyl (C=O) groups excluding carboxylic acids is 1. The van der Waals surface area contributed by atoms with Crippen molar-refractivity contribution in [1.29, 1.82) is 0 Å². The van der Waals surface area contributed by atoms with Gasteiger partial charge in [0.1, 0.15) is 0 Å². The van der Waals surface area contributed by atoms with E-state index in [-0.39, 0.29) is 11.6 Å². The molecule has 2 aromatic rings. The van der Waals surface area contributed by atoms with Gasteiger partial charge in [-0.1, -0.05) is 29.3 Å². The van der Waals surface area contributed by atoms with Crippen LogP contribution in [0.4, 0.5) is 5.95 Å². The van der Waals surface area contributed by atoms with Gasteiger partial charge in [-0.25, -0.2) is 14.8 Å². The van der Waals surface area contributed by atoms with E-state index in [1.165, 1.54) is 13.0 Å². The van der Waals surface area contributed by atoms with Crippen LogP contribution in [0.5, 0.6) is 0 Å². The molecule has 1 aromatic heterocycles. The maximum atomic E-state index is 11.1. The molecule has 21 heavy (non-hydrogen) atoms. The summed E-state index contributed by atoms with van der Waals surface area (Å²) in [6.45, 7) is 1.27. The molecule has 0 aliphatic rings.